The van der Waals surface area contributed by atoms with Crippen molar-refractivity contribution in [3.05, 3.63) is 45.6 Å². The van der Waals surface area contributed by atoms with Gasteiger partial charge in [0.15, 0.2) is 0 Å². The SMILES string of the molecule is CC1=[C-]C(C)C(C)=C1C.CC1=[C-]C(C)C(C)=C1C.[Co+2]. The van der Waals surface area contributed by atoms with E-state index in [9.17, 15) is 0 Å². The van der Waals surface area contributed by atoms with Crippen LogP contribution in [0, 0.1) is 24.0 Å². The summed E-state index contributed by atoms with van der Waals surface area (Å²) in [6.45, 7) is 17.3. The van der Waals surface area contributed by atoms with Gasteiger partial charge in [0, 0.05) is 0 Å². The maximum Gasteiger partial charge on any atom is 2.00 e. The molecule has 2 aliphatic rings. The topological polar surface area (TPSA) is 0 Å². The van der Waals surface area contributed by atoms with Gasteiger partial charge in [0.2, 0.25) is 0 Å². The van der Waals surface area contributed by atoms with Crippen LogP contribution in [0.1, 0.15) is 55.4 Å². The van der Waals surface area contributed by atoms with Gasteiger partial charge in [0.25, 0.3) is 0 Å². The molecule has 19 heavy (non-hydrogen) atoms. The van der Waals surface area contributed by atoms with E-state index in [-0.39, 0.29) is 16.8 Å². The molecule has 0 aromatic heterocycles. The van der Waals surface area contributed by atoms with Gasteiger partial charge in [-0.15, -0.1) is 13.8 Å². The fraction of sp³-hybridized carbons (Fsp3) is 0.556. The molecule has 0 nitrogen and oxygen atoms in total. The van der Waals surface area contributed by atoms with Crippen molar-refractivity contribution >= 4 is 0 Å². The zero-order valence-electron chi connectivity index (χ0n) is 13.5. The Labute approximate surface area is 129 Å². The molecule has 0 aliphatic heterocycles. The molecular weight excluding hydrogens is 275 g/mol. The smallest absolute Gasteiger partial charge is 0.266 e. The molecule has 0 bridgehead atoms. The van der Waals surface area contributed by atoms with Gasteiger partial charge in [-0.3, -0.25) is 12.2 Å². The second kappa shape index (κ2) is 7.30. The first-order chi connectivity index (χ1) is 8.25. The molecule has 1 heteroatoms. The number of rotatable bonds is 0. The third kappa shape index (κ3) is 4.22. The van der Waals surface area contributed by atoms with Crippen LogP contribution >= 0.6 is 0 Å². The minimum atomic E-state index is 0. The van der Waals surface area contributed by atoms with Gasteiger partial charge in [0.1, 0.15) is 0 Å². The molecule has 0 heterocycles. The normalized spacial score (nSPS) is 25.7. The predicted octanol–water partition coefficient (Wildman–Crippen LogP) is 5.44. The van der Waals surface area contributed by atoms with Gasteiger partial charge in [0.05, 0.1) is 0 Å². The van der Waals surface area contributed by atoms with Crippen LogP contribution in [0.25, 0.3) is 0 Å². The van der Waals surface area contributed by atoms with Crippen molar-refractivity contribution < 1.29 is 16.8 Å². The minimum Gasteiger partial charge on any atom is -0.266 e. The van der Waals surface area contributed by atoms with E-state index < -0.39 is 0 Å². The molecule has 0 spiro atoms. The average Bonchev–Trinajstić information content (AvgIpc) is 2.66. The van der Waals surface area contributed by atoms with Crippen molar-refractivity contribution in [3.63, 3.8) is 0 Å². The van der Waals surface area contributed by atoms with Crippen molar-refractivity contribution in [3.8, 4) is 0 Å². The summed E-state index contributed by atoms with van der Waals surface area (Å²) < 4.78 is 0. The maximum atomic E-state index is 3.36. The average molecular weight is 301 g/mol. The summed E-state index contributed by atoms with van der Waals surface area (Å²) in [6.07, 6.45) is 6.72. The van der Waals surface area contributed by atoms with E-state index in [1.807, 2.05) is 0 Å². The van der Waals surface area contributed by atoms with E-state index in [0.29, 0.717) is 11.8 Å². The summed E-state index contributed by atoms with van der Waals surface area (Å²) >= 11 is 0. The van der Waals surface area contributed by atoms with Crippen LogP contribution in [0.5, 0.6) is 0 Å². The van der Waals surface area contributed by atoms with Crippen molar-refractivity contribution in [1.82, 2.24) is 0 Å². The summed E-state index contributed by atoms with van der Waals surface area (Å²) in [6, 6.07) is 0. The van der Waals surface area contributed by atoms with Crippen LogP contribution in [-0.2, 0) is 16.8 Å². The number of hydrogen-bond donors (Lipinski definition) is 0. The van der Waals surface area contributed by atoms with Crippen LogP contribution in [-0.4, -0.2) is 0 Å². The molecule has 2 atom stereocenters. The third-order valence-electron chi connectivity index (χ3n) is 4.47. The summed E-state index contributed by atoms with van der Waals surface area (Å²) in [5, 5.41) is 0. The van der Waals surface area contributed by atoms with E-state index in [1.54, 1.807) is 0 Å². The van der Waals surface area contributed by atoms with Gasteiger partial charge in [-0.2, -0.15) is 22.3 Å². The summed E-state index contributed by atoms with van der Waals surface area (Å²) in [5.41, 5.74) is 8.49. The van der Waals surface area contributed by atoms with Crippen LogP contribution in [0.2, 0.25) is 0 Å². The zero-order chi connectivity index (χ0) is 14.0. The van der Waals surface area contributed by atoms with Gasteiger partial charge >= 0.3 is 16.8 Å². The van der Waals surface area contributed by atoms with Crippen LogP contribution in [0.3, 0.4) is 0 Å². The monoisotopic (exact) mass is 301 g/mol. The molecule has 2 aliphatic carbocycles. The van der Waals surface area contributed by atoms with Crippen molar-refractivity contribution in [2.75, 3.05) is 0 Å². The molecule has 2 unspecified atom stereocenters. The Kier molecular flexibility index (Phi) is 7.10. The first-order valence-electron chi connectivity index (χ1n) is 6.81. The Morgan fingerprint density at radius 2 is 0.895 bits per heavy atom. The Morgan fingerprint density at radius 1 is 0.632 bits per heavy atom. The Morgan fingerprint density at radius 3 is 0.947 bits per heavy atom. The number of hydrogen-bond acceptors (Lipinski definition) is 0. The van der Waals surface area contributed by atoms with Crippen LogP contribution in [0.4, 0.5) is 0 Å². The Balaban J connectivity index is 0.000000324. The molecule has 107 valence electrons. The molecule has 0 aromatic carbocycles. The van der Waals surface area contributed by atoms with E-state index >= 15 is 0 Å². The van der Waals surface area contributed by atoms with Crippen molar-refractivity contribution in [2.45, 2.75) is 55.4 Å². The zero-order valence-corrected chi connectivity index (χ0v) is 14.5. The Hall–Kier alpha value is -0.534. The summed E-state index contributed by atoms with van der Waals surface area (Å²) in [4.78, 5) is 0. The largest absolute Gasteiger partial charge is 2.00 e. The van der Waals surface area contributed by atoms with Crippen LogP contribution < -0.4 is 0 Å². The van der Waals surface area contributed by atoms with E-state index in [1.165, 1.54) is 33.4 Å². The molecular formula is C18H26Co. The Bertz CT molecular complexity index is 414. The quantitative estimate of drug-likeness (QED) is 0.522. The second-order valence-corrected chi connectivity index (χ2v) is 5.60. The first kappa shape index (κ1) is 18.5. The van der Waals surface area contributed by atoms with Crippen LogP contribution in [0.15, 0.2) is 33.4 Å². The summed E-state index contributed by atoms with van der Waals surface area (Å²) in [7, 11) is 0. The third-order valence-corrected chi connectivity index (χ3v) is 4.47. The standard InChI is InChI=1S/2C9H13.Co/c2*1-6-5-7(2)9(4)8(6)3;/h2*6H,1-4H3;/q2*-1;+2. The maximum absolute atomic E-state index is 3.36. The molecule has 0 saturated carbocycles. The van der Waals surface area contributed by atoms with Gasteiger partial charge in [-0.1, -0.05) is 53.4 Å². The first-order valence-corrected chi connectivity index (χ1v) is 6.81. The van der Waals surface area contributed by atoms with Crippen molar-refractivity contribution in [1.29, 1.82) is 0 Å². The van der Waals surface area contributed by atoms with E-state index in [0.717, 1.165) is 0 Å². The minimum absolute atomic E-state index is 0. The van der Waals surface area contributed by atoms with Crippen molar-refractivity contribution in [2.24, 2.45) is 11.8 Å². The molecule has 1 radical (unpaired) electrons. The molecule has 0 N–H and O–H groups in total. The fourth-order valence-corrected chi connectivity index (χ4v) is 2.32. The molecule has 0 amide bonds. The predicted molar refractivity (Wildman–Crippen MR) is 79.9 cm³/mol. The molecule has 0 fully saturated rings. The van der Waals surface area contributed by atoms with Gasteiger partial charge in [-0.25, -0.2) is 11.1 Å². The molecule has 0 saturated heterocycles. The van der Waals surface area contributed by atoms with Gasteiger partial charge in [-0.05, 0) is 0 Å². The summed E-state index contributed by atoms with van der Waals surface area (Å²) in [5.74, 6) is 1.12. The second-order valence-electron chi connectivity index (χ2n) is 5.60. The number of allylic oxidation sites excluding steroid dienone is 8. The van der Waals surface area contributed by atoms with E-state index in [4.69, 9.17) is 0 Å². The fourth-order valence-electron chi connectivity index (χ4n) is 2.32. The van der Waals surface area contributed by atoms with E-state index in [2.05, 4.69) is 67.5 Å². The molecule has 2 rings (SSSR count). The molecule has 0 aromatic rings. The van der Waals surface area contributed by atoms with Gasteiger partial charge < -0.3 is 0 Å².